The number of carbonyl (C=O) groups is 2. The van der Waals surface area contributed by atoms with Crippen molar-refractivity contribution >= 4 is 39.6 Å². The van der Waals surface area contributed by atoms with Crippen LogP contribution in [0.2, 0.25) is 0 Å². The topological polar surface area (TPSA) is 61.4 Å². The second-order valence-electron chi connectivity index (χ2n) is 7.21. The van der Waals surface area contributed by atoms with E-state index in [-0.39, 0.29) is 18.4 Å². The van der Waals surface area contributed by atoms with Crippen LogP contribution < -0.4 is 15.5 Å². The molecule has 31 heavy (non-hydrogen) atoms. The van der Waals surface area contributed by atoms with E-state index in [1.807, 2.05) is 72.8 Å². The summed E-state index contributed by atoms with van der Waals surface area (Å²) in [7, 11) is 1.73. The Labute approximate surface area is 181 Å². The Hall–Kier alpha value is -4.12. The number of hydrogen-bond donors (Lipinski definition) is 2. The van der Waals surface area contributed by atoms with Crippen molar-refractivity contribution in [3.63, 3.8) is 0 Å². The van der Waals surface area contributed by atoms with E-state index in [1.165, 1.54) is 0 Å². The second kappa shape index (κ2) is 9.13. The molecule has 2 N–H and O–H groups in total. The number of fused-ring (bicyclic) bond motifs is 1. The maximum atomic E-state index is 12.8. The highest BCUT2D eigenvalue weighted by Gasteiger charge is 2.14. The molecule has 0 saturated carbocycles. The summed E-state index contributed by atoms with van der Waals surface area (Å²) in [6, 6.07) is 30.4. The van der Waals surface area contributed by atoms with Gasteiger partial charge >= 0.3 is 0 Å². The maximum absolute atomic E-state index is 12.8. The van der Waals surface area contributed by atoms with E-state index in [1.54, 1.807) is 36.2 Å². The lowest BCUT2D eigenvalue weighted by molar-refractivity contribution is -0.114. The third kappa shape index (κ3) is 4.73. The summed E-state index contributed by atoms with van der Waals surface area (Å²) in [4.78, 5) is 26.9. The number of hydrogen-bond acceptors (Lipinski definition) is 3. The molecule has 0 fully saturated rings. The Bertz CT molecular complexity index is 1220. The fourth-order valence-electron chi connectivity index (χ4n) is 3.45. The van der Waals surface area contributed by atoms with Crippen LogP contribution >= 0.6 is 0 Å². The molecule has 4 rings (SSSR count). The number of anilines is 3. The smallest absolute Gasteiger partial charge is 0.258 e. The van der Waals surface area contributed by atoms with Gasteiger partial charge in [0.2, 0.25) is 5.91 Å². The first kappa shape index (κ1) is 20.2. The molecular formula is C26H23N3O2. The highest BCUT2D eigenvalue weighted by molar-refractivity contribution is 6.07. The van der Waals surface area contributed by atoms with Crippen molar-refractivity contribution < 1.29 is 9.59 Å². The molecule has 0 aromatic heterocycles. The Morgan fingerprint density at radius 2 is 1.52 bits per heavy atom. The first-order valence-corrected chi connectivity index (χ1v) is 10.1. The molecule has 0 radical (unpaired) electrons. The van der Waals surface area contributed by atoms with Gasteiger partial charge in [-0.15, -0.1) is 0 Å². The molecule has 0 saturated heterocycles. The molecule has 2 amide bonds. The van der Waals surface area contributed by atoms with E-state index in [0.717, 1.165) is 22.1 Å². The van der Waals surface area contributed by atoms with Crippen molar-refractivity contribution in [2.75, 3.05) is 29.1 Å². The number of benzene rings is 4. The Morgan fingerprint density at radius 1 is 0.806 bits per heavy atom. The molecule has 154 valence electrons. The zero-order valence-electron chi connectivity index (χ0n) is 17.2. The van der Waals surface area contributed by atoms with Crippen LogP contribution in [0, 0.1) is 0 Å². The summed E-state index contributed by atoms with van der Waals surface area (Å²) in [6.45, 7) is 0.121. The van der Waals surface area contributed by atoms with Gasteiger partial charge in [-0.05, 0) is 41.8 Å². The number of rotatable bonds is 6. The van der Waals surface area contributed by atoms with E-state index in [0.29, 0.717) is 11.3 Å². The second-order valence-corrected chi connectivity index (χ2v) is 7.21. The van der Waals surface area contributed by atoms with Crippen LogP contribution in [0.25, 0.3) is 10.8 Å². The van der Waals surface area contributed by atoms with Crippen LogP contribution in [-0.4, -0.2) is 25.4 Å². The summed E-state index contributed by atoms with van der Waals surface area (Å²) >= 11 is 0. The van der Waals surface area contributed by atoms with Gasteiger partial charge in [0, 0.05) is 35.1 Å². The molecule has 0 aliphatic carbocycles. The minimum atomic E-state index is -0.186. The van der Waals surface area contributed by atoms with E-state index in [4.69, 9.17) is 0 Å². The molecular weight excluding hydrogens is 386 g/mol. The van der Waals surface area contributed by atoms with Crippen molar-refractivity contribution in [3.8, 4) is 0 Å². The molecule has 0 spiro atoms. The number of para-hydroxylation sites is 1. The van der Waals surface area contributed by atoms with E-state index in [9.17, 15) is 9.59 Å². The highest BCUT2D eigenvalue weighted by Crippen LogP contribution is 2.23. The summed E-state index contributed by atoms with van der Waals surface area (Å²) in [5.74, 6) is -0.329. The van der Waals surface area contributed by atoms with E-state index < -0.39 is 0 Å². The van der Waals surface area contributed by atoms with Crippen molar-refractivity contribution in [1.82, 2.24) is 0 Å². The molecule has 0 unspecified atom stereocenters. The number of amides is 2. The van der Waals surface area contributed by atoms with Crippen LogP contribution in [0.4, 0.5) is 17.1 Å². The Balaban J connectivity index is 1.41. The Morgan fingerprint density at radius 3 is 2.35 bits per heavy atom. The average molecular weight is 409 g/mol. The maximum Gasteiger partial charge on any atom is 0.258 e. The lowest BCUT2D eigenvalue weighted by Gasteiger charge is -2.18. The van der Waals surface area contributed by atoms with Gasteiger partial charge in [-0.1, -0.05) is 60.7 Å². The summed E-state index contributed by atoms with van der Waals surface area (Å²) in [5, 5.41) is 8.24. The normalized spacial score (nSPS) is 10.5. The SMILES string of the molecule is CN(C(=O)c1cccc(NC(=O)CNc2cccc3ccccc23)c1)c1ccccc1. The molecule has 0 aliphatic heterocycles. The predicted octanol–water partition coefficient (Wildman–Crippen LogP) is 5.17. The van der Waals surface area contributed by atoms with Gasteiger partial charge in [0.05, 0.1) is 6.54 Å². The van der Waals surface area contributed by atoms with Crippen LogP contribution in [0.15, 0.2) is 97.1 Å². The molecule has 0 bridgehead atoms. The van der Waals surface area contributed by atoms with Gasteiger partial charge in [-0.2, -0.15) is 0 Å². The van der Waals surface area contributed by atoms with Crippen molar-refractivity contribution in [2.24, 2.45) is 0 Å². The van der Waals surface area contributed by atoms with Gasteiger partial charge in [0.1, 0.15) is 0 Å². The lowest BCUT2D eigenvalue weighted by Crippen LogP contribution is -2.26. The molecule has 4 aromatic carbocycles. The molecule has 5 heteroatoms. The lowest BCUT2D eigenvalue weighted by atomic mass is 10.1. The van der Waals surface area contributed by atoms with E-state index >= 15 is 0 Å². The summed E-state index contributed by atoms with van der Waals surface area (Å²) in [6.07, 6.45) is 0. The third-order valence-corrected chi connectivity index (χ3v) is 5.07. The zero-order valence-corrected chi connectivity index (χ0v) is 17.2. The van der Waals surface area contributed by atoms with Crippen molar-refractivity contribution in [2.45, 2.75) is 0 Å². The van der Waals surface area contributed by atoms with Gasteiger partial charge in [-0.3, -0.25) is 9.59 Å². The van der Waals surface area contributed by atoms with Gasteiger partial charge in [0.15, 0.2) is 0 Å². The standard InChI is InChI=1S/C26H23N3O2/c1-29(22-13-3-2-4-14-22)26(31)20-11-7-12-21(17-20)28-25(30)18-27-24-16-8-10-19-9-5-6-15-23(19)24/h2-17,27H,18H2,1H3,(H,28,30). The highest BCUT2D eigenvalue weighted by atomic mass is 16.2. The fourth-order valence-corrected chi connectivity index (χ4v) is 3.45. The summed E-state index contributed by atoms with van der Waals surface area (Å²) < 4.78 is 0. The first-order chi connectivity index (χ1) is 15.1. The molecule has 0 atom stereocenters. The zero-order chi connectivity index (χ0) is 21.6. The fraction of sp³-hybridized carbons (Fsp3) is 0.0769. The quantitative estimate of drug-likeness (QED) is 0.462. The van der Waals surface area contributed by atoms with Crippen molar-refractivity contribution in [1.29, 1.82) is 0 Å². The first-order valence-electron chi connectivity index (χ1n) is 10.1. The molecule has 0 heterocycles. The number of carbonyl (C=O) groups excluding carboxylic acids is 2. The van der Waals surface area contributed by atoms with Gasteiger partial charge < -0.3 is 15.5 Å². The molecule has 4 aromatic rings. The average Bonchev–Trinajstić information content (AvgIpc) is 2.82. The Kier molecular flexibility index (Phi) is 5.94. The molecule has 5 nitrogen and oxygen atoms in total. The minimum Gasteiger partial charge on any atom is -0.376 e. The van der Waals surface area contributed by atoms with Crippen molar-refractivity contribution in [3.05, 3.63) is 103 Å². The monoisotopic (exact) mass is 409 g/mol. The van der Waals surface area contributed by atoms with Crippen LogP contribution in [0.3, 0.4) is 0 Å². The number of nitrogens with one attached hydrogen (secondary N) is 2. The third-order valence-electron chi connectivity index (χ3n) is 5.07. The minimum absolute atomic E-state index is 0.121. The van der Waals surface area contributed by atoms with E-state index in [2.05, 4.69) is 10.6 Å². The van der Waals surface area contributed by atoms with Crippen LogP contribution in [-0.2, 0) is 4.79 Å². The van der Waals surface area contributed by atoms with Gasteiger partial charge in [-0.25, -0.2) is 0 Å². The summed E-state index contributed by atoms with van der Waals surface area (Å²) in [5.41, 5.74) is 2.80. The number of nitrogens with zero attached hydrogens (tertiary/aromatic N) is 1. The van der Waals surface area contributed by atoms with Crippen LogP contribution in [0.5, 0.6) is 0 Å². The predicted molar refractivity (Wildman–Crippen MR) is 127 cm³/mol. The largest absolute Gasteiger partial charge is 0.376 e. The van der Waals surface area contributed by atoms with Crippen LogP contribution in [0.1, 0.15) is 10.4 Å². The molecule has 0 aliphatic rings. The van der Waals surface area contributed by atoms with Gasteiger partial charge in [0.25, 0.3) is 5.91 Å².